The molecule has 0 aliphatic heterocycles. The van der Waals surface area contributed by atoms with Gasteiger partial charge in [0.2, 0.25) is 0 Å². The molecule has 0 aliphatic carbocycles. The predicted molar refractivity (Wildman–Crippen MR) is 141 cm³/mol. The summed E-state index contributed by atoms with van der Waals surface area (Å²) < 4.78 is 5.49. The Morgan fingerprint density at radius 1 is 0.946 bits per heavy atom. The van der Waals surface area contributed by atoms with E-state index in [4.69, 9.17) is 4.52 Å². The third-order valence-electron chi connectivity index (χ3n) is 6.11. The van der Waals surface area contributed by atoms with E-state index in [1.165, 1.54) is 0 Å². The van der Waals surface area contributed by atoms with E-state index >= 15 is 0 Å². The first kappa shape index (κ1) is 25.6. The van der Waals surface area contributed by atoms with E-state index in [0.29, 0.717) is 17.9 Å². The van der Waals surface area contributed by atoms with Crippen molar-refractivity contribution < 1.29 is 19.2 Å². The largest absolute Gasteiger partial charge is 0.480 e. The number of carboxylic acid groups (broad SMARTS) is 1. The first-order chi connectivity index (χ1) is 17.7. The molecule has 3 N–H and O–H groups in total. The number of anilines is 1. The second-order valence-electron chi connectivity index (χ2n) is 9.29. The minimum Gasteiger partial charge on any atom is -0.480 e. The fourth-order valence-electron chi connectivity index (χ4n) is 4.35. The Labute approximate surface area is 215 Å². The summed E-state index contributed by atoms with van der Waals surface area (Å²) in [5, 5.41) is 19.8. The highest BCUT2D eigenvalue weighted by molar-refractivity contribution is 5.99. The number of pyridine rings is 1. The van der Waals surface area contributed by atoms with E-state index in [0.717, 1.165) is 44.9 Å². The number of hydrogen-bond acceptors (Lipinski definition) is 6. The molecule has 2 heterocycles. The number of aromatic nitrogens is 2. The lowest BCUT2D eigenvalue weighted by Gasteiger charge is -2.17. The molecule has 8 heteroatoms. The smallest absolute Gasteiger partial charge is 0.326 e. The maximum absolute atomic E-state index is 12.9. The van der Waals surface area contributed by atoms with Crippen molar-refractivity contribution in [3.05, 3.63) is 99.9 Å². The maximum atomic E-state index is 12.9. The predicted octanol–water partition coefficient (Wildman–Crippen LogP) is 5.01. The molecule has 0 fully saturated rings. The molecule has 1 atom stereocenters. The van der Waals surface area contributed by atoms with Crippen LogP contribution in [0.4, 0.5) is 5.82 Å². The van der Waals surface area contributed by atoms with E-state index in [1.54, 1.807) is 6.20 Å². The second-order valence-corrected chi connectivity index (χ2v) is 9.29. The SMILES string of the molecule is Cc1ccnc(NCc2cc(-c3ccc(C[C@H](NC(=O)c4c(C)cc(C)cc4C)C(=O)O)cc3)on2)c1. The van der Waals surface area contributed by atoms with Crippen molar-refractivity contribution in [2.24, 2.45) is 0 Å². The molecular weight excluding hydrogens is 468 g/mol. The van der Waals surface area contributed by atoms with E-state index in [2.05, 4.69) is 20.8 Å². The Bertz CT molecular complexity index is 1400. The van der Waals surface area contributed by atoms with E-state index < -0.39 is 12.0 Å². The molecule has 8 nitrogen and oxygen atoms in total. The number of carboxylic acids is 1. The molecule has 1 amide bonds. The monoisotopic (exact) mass is 498 g/mol. The summed E-state index contributed by atoms with van der Waals surface area (Å²) >= 11 is 0. The van der Waals surface area contributed by atoms with Gasteiger partial charge in [-0.25, -0.2) is 9.78 Å². The maximum Gasteiger partial charge on any atom is 0.326 e. The molecule has 0 unspecified atom stereocenters. The zero-order chi connectivity index (χ0) is 26.5. The van der Waals surface area contributed by atoms with Crippen LogP contribution in [0.3, 0.4) is 0 Å². The highest BCUT2D eigenvalue weighted by Gasteiger charge is 2.23. The summed E-state index contributed by atoms with van der Waals surface area (Å²) in [7, 11) is 0. The number of amides is 1. The number of nitrogens with one attached hydrogen (secondary N) is 2. The minimum atomic E-state index is -1.09. The number of aliphatic carboxylic acids is 1. The fourth-order valence-corrected chi connectivity index (χ4v) is 4.35. The van der Waals surface area contributed by atoms with Crippen molar-refractivity contribution in [3.63, 3.8) is 0 Å². The number of carbonyl (C=O) groups is 2. The number of rotatable bonds is 9. The van der Waals surface area contributed by atoms with Crippen molar-refractivity contribution in [3.8, 4) is 11.3 Å². The van der Waals surface area contributed by atoms with E-state index in [1.807, 2.05) is 82.3 Å². The highest BCUT2D eigenvalue weighted by Crippen LogP contribution is 2.22. The Hall–Kier alpha value is -4.46. The van der Waals surface area contributed by atoms with Crippen molar-refractivity contribution >= 4 is 17.7 Å². The quantitative estimate of drug-likeness (QED) is 0.297. The van der Waals surface area contributed by atoms with Gasteiger partial charge in [-0.15, -0.1) is 0 Å². The summed E-state index contributed by atoms with van der Waals surface area (Å²) in [5.74, 6) is -0.103. The minimum absolute atomic E-state index is 0.153. The van der Waals surface area contributed by atoms with Gasteiger partial charge in [-0.2, -0.15) is 0 Å². The Balaban J connectivity index is 1.40. The Morgan fingerprint density at radius 3 is 2.30 bits per heavy atom. The van der Waals surface area contributed by atoms with E-state index in [-0.39, 0.29) is 12.3 Å². The average Bonchev–Trinajstić information content (AvgIpc) is 3.31. The zero-order valence-corrected chi connectivity index (χ0v) is 21.3. The van der Waals surface area contributed by atoms with Gasteiger partial charge in [-0.1, -0.05) is 47.1 Å². The van der Waals surface area contributed by atoms with Gasteiger partial charge in [0.25, 0.3) is 5.91 Å². The highest BCUT2D eigenvalue weighted by atomic mass is 16.5. The van der Waals surface area contributed by atoms with Crippen LogP contribution >= 0.6 is 0 Å². The first-order valence-corrected chi connectivity index (χ1v) is 12.0. The topological polar surface area (TPSA) is 117 Å². The van der Waals surface area contributed by atoms with Gasteiger partial charge in [-0.05, 0) is 62.1 Å². The Morgan fingerprint density at radius 2 is 1.65 bits per heavy atom. The van der Waals surface area contributed by atoms with Crippen molar-refractivity contribution in [2.75, 3.05) is 5.32 Å². The molecule has 0 saturated carbocycles. The lowest BCUT2D eigenvalue weighted by molar-refractivity contribution is -0.139. The molecule has 4 rings (SSSR count). The number of aryl methyl sites for hydroxylation is 4. The first-order valence-electron chi connectivity index (χ1n) is 12.0. The zero-order valence-electron chi connectivity index (χ0n) is 21.3. The van der Waals surface area contributed by atoms with Gasteiger partial charge >= 0.3 is 5.97 Å². The van der Waals surface area contributed by atoms with Crippen LogP contribution in [-0.4, -0.2) is 33.2 Å². The molecule has 37 heavy (non-hydrogen) atoms. The van der Waals surface area contributed by atoms with Crippen LogP contribution < -0.4 is 10.6 Å². The third-order valence-corrected chi connectivity index (χ3v) is 6.11. The van der Waals surface area contributed by atoms with Crippen LogP contribution in [0, 0.1) is 27.7 Å². The average molecular weight is 499 g/mol. The van der Waals surface area contributed by atoms with Crippen molar-refractivity contribution in [1.82, 2.24) is 15.5 Å². The molecule has 0 aliphatic rings. The summed E-state index contributed by atoms with van der Waals surface area (Å²) in [5.41, 5.74) is 6.65. The Kier molecular flexibility index (Phi) is 7.67. The molecule has 0 saturated heterocycles. The summed E-state index contributed by atoms with van der Waals surface area (Å²) in [6.45, 7) is 8.15. The van der Waals surface area contributed by atoms with Crippen LogP contribution in [-0.2, 0) is 17.8 Å². The van der Waals surface area contributed by atoms with Gasteiger partial charge in [0.1, 0.15) is 17.6 Å². The molecular formula is C29H30N4O4. The lowest BCUT2D eigenvalue weighted by atomic mass is 9.98. The number of benzene rings is 2. The molecule has 2 aromatic carbocycles. The summed E-state index contributed by atoms with van der Waals surface area (Å²) in [4.78, 5) is 29.1. The van der Waals surface area contributed by atoms with Gasteiger partial charge in [0, 0.05) is 29.8 Å². The standard InChI is InChI=1S/C29H30N4O4/c1-17-9-10-30-26(13-17)31-16-23-15-25(37-33-23)22-7-5-21(6-8-22)14-24(29(35)36)32-28(34)27-19(3)11-18(2)12-20(27)4/h5-13,15,24H,14,16H2,1-4H3,(H,30,31)(H,32,34)(H,35,36)/t24-/m0/s1. The van der Waals surface area contributed by atoms with Crippen LogP contribution in [0.5, 0.6) is 0 Å². The van der Waals surface area contributed by atoms with Crippen LogP contribution in [0.25, 0.3) is 11.3 Å². The number of carbonyl (C=O) groups excluding carboxylic acids is 1. The van der Waals surface area contributed by atoms with Crippen LogP contribution in [0.1, 0.15) is 43.9 Å². The van der Waals surface area contributed by atoms with Gasteiger partial charge in [-0.3, -0.25) is 4.79 Å². The van der Waals surface area contributed by atoms with Gasteiger partial charge in [0.05, 0.1) is 6.54 Å². The summed E-state index contributed by atoms with van der Waals surface area (Å²) in [6.07, 6.45) is 1.90. The van der Waals surface area contributed by atoms with Crippen molar-refractivity contribution in [2.45, 2.75) is 46.7 Å². The van der Waals surface area contributed by atoms with Gasteiger partial charge < -0.3 is 20.3 Å². The molecule has 0 radical (unpaired) electrons. The fraction of sp³-hybridized carbons (Fsp3) is 0.241. The number of nitrogens with zero attached hydrogens (tertiary/aromatic N) is 2. The van der Waals surface area contributed by atoms with Gasteiger partial charge in [0.15, 0.2) is 5.76 Å². The second kappa shape index (κ2) is 11.1. The van der Waals surface area contributed by atoms with E-state index in [9.17, 15) is 14.7 Å². The molecule has 0 spiro atoms. The molecule has 4 aromatic rings. The number of hydrogen-bond donors (Lipinski definition) is 3. The molecule has 2 aromatic heterocycles. The molecule has 0 bridgehead atoms. The molecule has 190 valence electrons. The lowest BCUT2D eigenvalue weighted by Crippen LogP contribution is -2.42. The third kappa shape index (κ3) is 6.41. The van der Waals surface area contributed by atoms with Crippen LogP contribution in [0.2, 0.25) is 0 Å². The van der Waals surface area contributed by atoms with Crippen molar-refractivity contribution in [1.29, 1.82) is 0 Å². The summed E-state index contributed by atoms with van der Waals surface area (Å²) in [6, 6.07) is 15.9. The normalized spacial score (nSPS) is 11.7. The van der Waals surface area contributed by atoms with Crippen LogP contribution in [0.15, 0.2) is 65.3 Å².